The van der Waals surface area contributed by atoms with Gasteiger partial charge in [-0.15, -0.1) is 13.2 Å². The van der Waals surface area contributed by atoms with Crippen LogP contribution in [0.3, 0.4) is 0 Å². The van der Waals surface area contributed by atoms with Crippen molar-refractivity contribution in [1.29, 1.82) is 0 Å². The lowest BCUT2D eigenvalue weighted by Gasteiger charge is -2.06. The zero-order valence-electron chi connectivity index (χ0n) is 14.1. The van der Waals surface area contributed by atoms with E-state index in [4.69, 9.17) is 0 Å². The predicted octanol–water partition coefficient (Wildman–Crippen LogP) is 5.83. The molecule has 0 aliphatic carbocycles. The van der Waals surface area contributed by atoms with E-state index in [-0.39, 0.29) is 5.91 Å². The topological polar surface area (TPSA) is 29.1 Å². The predicted molar refractivity (Wildman–Crippen MR) is 101 cm³/mol. The van der Waals surface area contributed by atoms with Crippen LogP contribution in [0.5, 0.6) is 0 Å². The number of anilines is 1. The monoisotopic (exact) mass is 311 g/mol. The second kappa shape index (κ2) is 12.5. The molecule has 0 bridgehead atoms. The zero-order valence-corrected chi connectivity index (χ0v) is 14.1. The van der Waals surface area contributed by atoms with Crippen LogP contribution >= 0.6 is 0 Å². The van der Waals surface area contributed by atoms with Crippen molar-refractivity contribution >= 4 is 11.6 Å². The van der Waals surface area contributed by atoms with E-state index in [1.54, 1.807) is 6.08 Å². The SMILES string of the molecule is C=CCCCC/C=C\CCc1cccc(NC(=O)CCC=C)c1. The minimum Gasteiger partial charge on any atom is -0.326 e. The number of carbonyl (C=O) groups excluding carboxylic acids is 1. The molecular weight excluding hydrogens is 282 g/mol. The molecule has 0 fully saturated rings. The molecule has 1 N–H and O–H groups in total. The van der Waals surface area contributed by atoms with Crippen LogP contribution in [0.15, 0.2) is 61.7 Å². The third-order valence-corrected chi connectivity index (χ3v) is 3.58. The Balaban J connectivity index is 2.30. The van der Waals surface area contributed by atoms with Crippen molar-refractivity contribution in [1.82, 2.24) is 0 Å². The van der Waals surface area contributed by atoms with E-state index in [1.807, 2.05) is 18.2 Å². The lowest BCUT2D eigenvalue weighted by atomic mass is 10.1. The molecule has 2 nitrogen and oxygen atoms in total. The number of hydrogen-bond donors (Lipinski definition) is 1. The van der Waals surface area contributed by atoms with Crippen molar-refractivity contribution in [3.05, 3.63) is 67.3 Å². The Morgan fingerprint density at radius 3 is 2.52 bits per heavy atom. The fraction of sp³-hybridized carbons (Fsp3) is 0.381. The molecule has 0 aliphatic heterocycles. The third-order valence-electron chi connectivity index (χ3n) is 3.58. The molecule has 23 heavy (non-hydrogen) atoms. The average molecular weight is 311 g/mol. The first kappa shape index (κ1) is 19.0. The Kier molecular flexibility index (Phi) is 10.3. The highest BCUT2D eigenvalue weighted by atomic mass is 16.1. The summed E-state index contributed by atoms with van der Waals surface area (Å²) < 4.78 is 0. The molecule has 1 amide bonds. The number of benzene rings is 1. The molecule has 0 aliphatic rings. The molecule has 1 aromatic carbocycles. The summed E-state index contributed by atoms with van der Waals surface area (Å²) in [4.78, 5) is 11.7. The second-order valence-corrected chi connectivity index (χ2v) is 5.66. The average Bonchev–Trinajstić information content (AvgIpc) is 2.56. The van der Waals surface area contributed by atoms with Gasteiger partial charge in [0, 0.05) is 12.1 Å². The van der Waals surface area contributed by atoms with Gasteiger partial charge in [-0.05, 0) is 62.6 Å². The summed E-state index contributed by atoms with van der Waals surface area (Å²) in [5, 5.41) is 2.93. The maximum absolute atomic E-state index is 11.7. The van der Waals surface area contributed by atoms with Gasteiger partial charge in [-0.1, -0.05) is 36.4 Å². The zero-order chi connectivity index (χ0) is 16.8. The van der Waals surface area contributed by atoms with Crippen molar-refractivity contribution in [2.75, 3.05) is 5.32 Å². The molecule has 0 atom stereocenters. The second-order valence-electron chi connectivity index (χ2n) is 5.66. The molecule has 0 heterocycles. The highest BCUT2D eigenvalue weighted by molar-refractivity contribution is 5.90. The summed E-state index contributed by atoms with van der Waals surface area (Å²) in [7, 11) is 0. The number of nitrogens with one attached hydrogen (secondary N) is 1. The minimum absolute atomic E-state index is 0.0430. The standard InChI is InChI=1S/C21H29NO/c1-3-5-7-8-9-10-11-12-14-19-15-13-16-20(18-19)22-21(23)17-6-4-2/h3-4,10-11,13,15-16,18H,1-2,5-9,12,14,17H2,(H,22,23)/b11-10-. The molecule has 2 heteroatoms. The maximum atomic E-state index is 11.7. The molecule has 0 radical (unpaired) electrons. The molecular formula is C21H29NO. The molecule has 1 rings (SSSR count). The lowest BCUT2D eigenvalue weighted by Crippen LogP contribution is -2.10. The number of allylic oxidation sites excluding steroid dienone is 4. The van der Waals surface area contributed by atoms with Crippen LogP contribution in [0.1, 0.15) is 50.5 Å². The van der Waals surface area contributed by atoms with Crippen molar-refractivity contribution < 1.29 is 4.79 Å². The van der Waals surface area contributed by atoms with E-state index < -0.39 is 0 Å². The minimum atomic E-state index is 0.0430. The highest BCUT2D eigenvalue weighted by Gasteiger charge is 2.01. The Morgan fingerprint density at radius 2 is 1.74 bits per heavy atom. The van der Waals surface area contributed by atoms with Crippen molar-refractivity contribution in [3.63, 3.8) is 0 Å². The van der Waals surface area contributed by atoms with Crippen molar-refractivity contribution in [2.45, 2.75) is 51.4 Å². The van der Waals surface area contributed by atoms with Gasteiger partial charge >= 0.3 is 0 Å². The summed E-state index contributed by atoms with van der Waals surface area (Å²) in [6.45, 7) is 7.36. The third kappa shape index (κ3) is 9.51. The molecule has 124 valence electrons. The van der Waals surface area contributed by atoms with Crippen LogP contribution < -0.4 is 5.32 Å². The summed E-state index contributed by atoms with van der Waals surface area (Å²) in [5.41, 5.74) is 2.13. The first-order valence-corrected chi connectivity index (χ1v) is 8.52. The van der Waals surface area contributed by atoms with E-state index >= 15 is 0 Å². The van der Waals surface area contributed by atoms with Crippen LogP contribution in [0.2, 0.25) is 0 Å². The van der Waals surface area contributed by atoms with Crippen LogP contribution in [-0.2, 0) is 11.2 Å². The van der Waals surface area contributed by atoms with E-state index in [1.165, 1.54) is 18.4 Å². The first-order valence-electron chi connectivity index (χ1n) is 8.52. The Hall–Kier alpha value is -2.09. The molecule has 0 saturated carbocycles. The van der Waals surface area contributed by atoms with Gasteiger partial charge in [0.05, 0.1) is 0 Å². The highest BCUT2D eigenvalue weighted by Crippen LogP contribution is 2.13. The van der Waals surface area contributed by atoms with Crippen LogP contribution in [0.25, 0.3) is 0 Å². The van der Waals surface area contributed by atoms with Gasteiger partial charge in [0.2, 0.25) is 5.91 Å². The first-order chi connectivity index (χ1) is 11.3. The van der Waals surface area contributed by atoms with Gasteiger partial charge in [0.1, 0.15) is 0 Å². The van der Waals surface area contributed by atoms with Gasteiger partial charge < -0.3 is 5.32 Å². The summed E-state index contributed by atoms with van der Waals surface area (Å²) in [6.07, 6.45) is 16.2. The fourth-order valence-corrected chi connectivity index (χ4v) is 2.30. The quantitative estimate of drug-likeness (QED) is 0.382. The Bertz CT molecular complexity index is 516. The van der Waals surface area contributed by atoms with E-state index in [2.05, 4.69) is 42.8 Å². The molecule has 0 aromatic heterocycles. The number of unbranched alkanes of at least 4 members (excludes halogenated alkanes) is 3. The summed E-state index contributed by atoms with van der Waals surface area (Å²) in [5.74, 6) is 0.0430. The van der Waals surface area contributed by atoms with Gasteiger partial charge in [0.25, 0.3) is 0 Å². The number of rotatable bonds is 12. The molecule has 1 aromatic rings. The van der Waals surface area contributed by atoms with E-state index in [0.29, 0.717) is 12.8 Å². The smallest absolute Gasteiger partial charge is 0.224 e. The maximum Gasteiger partial charge on any atom is 0.224 e. The van der Waals surface area contributed by atoms with Gasteiger partial charge in [0.15, 0.2) is 0 Å². The van der Waals surface area contributed by atoms with Crippen molar-refractivity contribution in [2.24, 2.45) is 0 Å². The van der Waals surface area contributed by atoms with Gasteiger partial charge in [-0.25, -0.2) is 0 Å². The number of hydrogen-bond acceptors (Lipinski definition) is 1. The van der Waals surface area contributed by atoms with Crippen LogP contribution in [0, 0.1) is 0 Å². The van der Waals surface area contributed by atoms with Crippen molar-refractivity contribution in [3.8, 4) is 0 Å². The number of aryl methyl sites for hydroxylation is 1. The fourth-order valence-electron chi connectivity index (χ4n) is 2.30. The lowest BCUT2D eigenvalue weighted by molar-refractivity contribution is -0.116. The number of amides is 1. The largest absolute Gasteiger partial charge is 0.326 e. The Morgan fingerprint density at radius 1 is 1.00 bits per heavy atom. The van der Waals surface area contributed by atoms with Crippen LogP contribution in [0.4, 0.5) is 5.69 Å². The normalized spacial score (nSPS) is 10.6. The van der Waals surface area contributed by atoms with Gasteiger partial charge in [-0.3, -0.25) is 4.79 Å². The molecule has 0 spiro atoms. The summed E-state index contributed by atoms with van der Waals surface area (Å²) in [6, 6.07) is 8.10. The van der Waals surface area contributed by atoms with Crippen LogP contribution in [-0.4, -0.2) is 5.91 Å². The van der Waals surface area contributed by atoms with Gasteiger partial charge in [-0.2, -0.15) is 0 Å². The Labute approximate surface area is 141 Å². The molecule has 0 unspecified atom stereocenters. The summed E-state index contributed by atoms with van der Waals surface area (Å²) >= 11 is 0. The number of carbonyl (C=O) groups is 1. The van der Waals surface area contributed by atoms with E-state index in [0.717, 1.165) is 31.4 Å². The van der Waals surface area contributed by atoms with E-state index in [9.17, 15) is 4.79 Å². The molecule has 0 saturated heterocycles.